The Kier molecular flexibility index (Phi) is 11.5. The number of carbonyl (C=O) groups excluding carboxylic acids is 5. The molecule has 0 aliphatic carbocycles. The molecular weight excluding hydrogens is 544 g/mol. The smallest absolute Gasteiger partial charge is 0.326 e. The molecular formula is C26H34N4O7S2. The highest BCUT2D eigenvalue weighted by molar-refractivity contribution is 8.76. The molecule has 13 heteroatoms. The molecule has 0 spiro atoms. The Hall–Kier alpha value is -3.19. The number of nitrogens with one attached hydrogen (secondary N) is 4. The molecule has 5 N–H and O–H groups in total. The molecule has 4 atom stereocenters. The maximum absolute atomic E-state index is 13.4. The number of amides is 4. The van der Waals surface area contributed by atoms with Gasteiger partial charge < -0.3 is 31.1 Å². The van der Waals surface area contributed by atoms with Gasteiger partial charge in [-0.25, -0.2) is 0 Å². The Labute approximate surface area is 235 Å². The lowest BCUT2D eigenvalue weighted by atomic mass is 10.0. The second kappa shape index (κ2) is 14.8. The van der Waals surface area contributed by atoms with Gasteiger partial charge in [-0.1, -0.05) is 53.6 Å². The molecule has 0 radical (unpaired) electrons. The minimum atomic E-state index is -1.08. The van der Waals surface area contributed by atoms with E-state index in [2.05, 4.69) is 21.3 Å². The first-order chi connectivity index (χ1) is 18.6. The number of ether oxygens (including phenoxy) is 1. The van der Waals surface area contributed by atoms with E-state index in [-0.39, 0.29) is 30.3 Å². The van der Waals surface area contributed by atoms with Crippen molar-refractivity contribution in [1.29, 1.82) is 0 Å². The fraction of sp³-hybridized carbons (Fsp3) is 0.500. The standard InChI is InChI=1S/C26H34N4O7S2/c1-15(2)23-26(36)29-20-14-39-38-10-4-3-5-18(12-21(32)30-23)37-22(33)13-27-24(34)19(28-25(20)35)11-16-6-8-17(31)9-7-16/h3,5-9,15,18-20,23,31H,4,10-14H2,1-2H3,(H,27,34)(H,28,35)(H,29,36)(H,30,32)/b5-3+/t18?,19?,20-,23-/m1/s1. The summed E-state index contributed by atoms with van der Waals surface area (Å²) in [7, 11) is 2.92. The monoisotopic (exact) mass is 578 g/mol. The SMILES string of the molecule is CC(C)[C@H]1NC(=O)CC2/C=C/CCSSC[C@@H](NC1=O)C(=O)NC(Cc1ccc(O)cc1)C(=O)NCC(=O)O2. The number of aromatic hydroxyl groups is 1. The van der Waals surface area contributed by atoms with Crippen molar-refractivity contribution in [2.75, 3.05) is 18.1 Å². The summed E-state index contributed by atoms with van der Waals surface area (Å²) in [5, 5.41) is 20.3. The van der Waals surface area contributed by atoms with Crippen LogP contribution in [0.4, 0.5) is 0 Å². The zero-order valence-electron chi connectivity index (χ0n) is 21.8. The summed E-state index contributed by atoms with van der Waals surface area (Å²) < 4.78 is 5.47. The van der Waals surface area contributed by atoms with Crippen molar-refractivity contribution in [2.24, 2.45) is 5.92 Å². The summed E-state index contributed by atoms with van der Waals surface area (Å²) in [5.74, 6) is -2.30. The highest BCUT2D eigenvalue weighted by atomic mass is 33.1. The van der Waals surface area contributed by atoms with E-state index in [1.54, 1.807) is 32.1 Å². The van der Waals surface area contributed by atoms with Crippen molar-refractivity contribution >= 4 is 51.2 Å². The summed E-state index contributed by atoms with van der Waals surface area (Å²) in [6, 6.07) is 3.18. The van der Waals surface area contributed by atoms with Crippen LogP contribution in [-0.4, -0.2) is 77.0 Å². The maximum Gasteiger partial charge on any atom is 0.326 e. The van der Waals surface area contributed by atoms with Crippen molar-refractivity contribution in [3.63, 3.8) is 0 Å². The van der Waals surface area contributed by atoms with Crippen LogP contribution in [-0.2, 0) is 35.1 Å². The molecule has 212 valence electrons. The Bertz CT molecular complexity index is 1080. The summed E-state index contributed by atoms with van der Waals surface area (Å²) >= 11 is 0. The molecule has 2 aliphatic heterocycles. The predicted octanol–water partition coefficient (Wildman–Crippen LogP) is 0.818. The summed E-state index contributed by atoms with van der Waals surface area (Å²) in [5.41, 5.74) is 0.662. The van der Waals surface area contributed by atoms with Crippen molar-refractivity contribution in [2.45, 2.75) is 57.3 Å². The normalized spacial score (nSPS) is 26.9. The summed E-state index contributed by atoms with van der Waals surface area (Å²) in [6.45, 7) is 3.07. The van der Waals surface area contributed by atoms with Crippen LogP contribution in [0.5, 0.6) is 5.75 Å². The average Bonchev–Trinajstić information content (AvgIpc) is 2.88. The van der Waals surface area contributed by atoms with Gasteiger partial charge in [-0.3, -0.25) is 24.0 Å². The average molecular weight is 579 g/mol. The van der Waals surface area contributed by atoms with E-state index in [4.69, 9.17) is 4.74 Å². The number of esters is 1. The molecule has 2 heterocycles. The summed E-state index contributed by atoms with van der Waals surface area (Å²) in [4.78, 5) is 65.2. The van der Waals surface area contributed by atoms with Gasteiger partial charge >= 0.3 is 5.97 Å². The molecule has 39 heavy (non-hydrogen) atoms. The van der Waals surface area contributed by atoms with Gasteiger partial charge in [0.25, 0.3) is 0 Å². The second-order valence-corrected chi connectivity index (χ2v) is 12.2. The third-order valence-electron chi connectivity index (χ3n) is 6.02. The quantitative estimate of drug-likeness (QED) is 0.199. The van der Waals surface area contributed by atoms with Crippen LogP contribution in [0.15, 0.2) is 36.4 Å². The van der Waals surface area contributed by atoms with Crippen LogP contribution in [0.25, 0.3) is 0 Å². The fourth-order valence-corrected chi connectivity index (χ4v) is 6.08. The molecule has 1 aromatic rings. The van der Waals surface area contributed by atoms with Crippen LogP contribution in [0.3, 0.4) is 0 Å². The number of hydrogen-bond acceptors (Lipinski definition) is 9. The van der Waals surface area contributed by atoms with Crippen LogP contribution in [0.1, 0.15) is 32.3 Å². The van der Waals surface area contributed by atoms with E-state index >= 15 is 0 Å². The van der Waals surface area contributed by atoms with E-state index in [9.17, 15) is 29.1 Å². The number of hydrogen-bond donors (Lipinski definition) is 5. The zero-order valence-corrected chi connectivity index (χ0v) is 23.4. The number of phenolic OH excluding ortho intramolecular Hbond substituents is 1. The van der Waals surface area contributed by atoms with E-state index in [0.717, 1.165) is 0 Å². The highest BCUT2D eigenvalue weighted by Gasteiger charge is 2.32. The lowest BCUT2D eigenvalue weighted by Crippen LogP contribution is -2.59. The Morgan fingerprint density at radius 1 is 0.974 bits per heavy atom. The van der Waals surface area contributed by atoms with Crippen molar-refractivity contribution in [3.05, 3.63) is 42.0 Å². The maximum atomic E-state index is 13.4. The minimum Gasteiger partial charge on any atom is -0.508 e. The molecule has 4 amide bonds. The van der Waals surface area contributed by atoms with Crippen LogP contribution in [0, 0.1) is 5.92 Å². The van der Waals surface area contributed by atoms with Gasteiger partial charge in [0.1, 0.15) is 36.5 Å². The van der Waals surface area contributed by atoms with Crippen molar-refractivity contribution in [1.82, 2.24) is 21.3 Å². The van der Waals surface area contributed by atoms with Crippen molar-refractivity contribution in [3.8, 4) is 5.75 Å². The number of benzene rings is 1. The van der Waals surface area contributed by atoms with Gasteiger partial charge in [0, 0.05) is 17.9 Å². The third-order valence-corrected chi connectivity index (χ3v) is 8.47. The fourth-order valence-electron chi connectivity index (χ4n) is 3.92. The van der Waals surface area contributed by atoms with Gasteiger partial charge in [0.05, 0.1) is 6.42 Å². The van der Waals surface area contributed by atoms with Crippen LogP contribution in [0.2, 0.25) is 0 Å². The molecule has 1 aromatic carbocycles. The van der Waals surface area contributed by atoms with E-state index < -0.39 is 60.4 Å². The van der Waals surface area contributed by atoms with E-state index in [0.29, 0.717) is 17.7 Å². The molecule has 3 rings (SSSR count). The largest absolute Gasteiger partial charge is 0.508 e. The van der Waals surface area contributed by atoms with Crippen molar-refractivity contribution < 1.29 is 33.8 Å². The van der Waals surface area contributed by atoms with Gasteiger partial charge in [0.15, 0.2) is 0 Å². The molecule has 1 saturated heterocycles. The Morgan fingerprint density at radius 2 is 1.72 bits per heavy atom. The lowest BCUT2D eigenvalue weighted by Gasteiger charge is -2.27. The Morgan fingerprint density at radius 3 is 2.44 bits per heavy atom. The number of phenols is 1. The molecule has 2 aliphatic rings. The van der Waals surface area contributed by atoms with Gasteiger partial charge in [-0.15, -0.1) is 0 Å². The van der Waals surface area contributed by atoms with Crippen LogP contribution < -0.4 is 21.3 Å². The van der Waals surface area contributed by atoms with E-state index in [1.165, 1.54) is 33.7 Å². The Balaban J connectivity index is 1.96. The van der Waals surface area contributed by atoms with Gasteiger partial charge in [-0.05, 0) is 36.1 Å². The third kappa shape index (κ3) is 9.81. The summed E-state index contributed by atoms with van der Waals surface area (Å²) in [6.07, 6.45) is 3.07. The first kappa shape index (κ1) is 30.4. The topological polar surface area (TPSA) is 163 Å². The first-order valence-electron chi connectivity index (χ1n) is 12.7. The molecule has 1 fully saturated rings. The molecule has 2 bridgehead atoms. The molecule has 0 aromatic heterocycles. The number of rotatable bonds is 3. The van der Waals surface area contributed by atoms with E-state index in [1.807, 2.05) is 6.08 Å². The number of carbonyl (C=O) groups is 5. The molecule has 11 nitrogen and oxygen atoms in total. The zero-order chi connectivity index (χ0) is 28.4. The lowest BCUT2D eigenvalue weighted by molar-refractivity contribution is -0.148. The van der Waals surface area contributed by atoms with Gasteiger partial charge in [-0.2, -0.15) is 0 Å². The second-order valence-electron chi connectivity index (χ2n) is 9.56. The molecule has 2 unspecified atom stereocenters. The first-order valence-corrected chi connectivity index (χ1v) is 15.2. The highest BCUT2D eigenvalue weighted by Crippen LogP contribution is 2.24. The predicted molar refractivity (Wildman–Crippen MR) is 149 cm³/mol. The van der Waals surface area contributed by atoms with Crippen LogP contribution >= 0.6 is 21.6 Å². The number of fused-ring (bicyclic) bond motifs is 7. The van der Waals surface area contributed by atoms with Gasteiger partial charge in [0.2, 0.25) is 23.6 Å². The minimum absolute atomic E-state index is 0.0537. The number of allylic oxidation sites excluding steroid dienone is 1. The molecule has 0 saturated carbocycles.